The average molecular weight is 677 g/mol. The minimum Gasteiger partial charge on any atom is -0.462 e. The van der Waals surface area contributed by atoms with E-state index in [4.69, 9.17) is 33.2 Å². The van der Waals surface area contributed by atoms with Crippen molar-refractivity contribution in [2.45, 2.75) is 136 Å². The first-order valence-corrected chi connectivity index (χ1v) is 16.9. The molecule has 48 heavy (non-hydrogen) atoms. The van der Waals surface area contributed by atoms with Gasteiger partial charge < -0.3 is 38.3 Å². The van der Waals surface area contributed by atoms with Gasteiger partial charge in [0.1, 0.15) is 24.1 Å². The zero-order chi connectivity index (χ0) is 35.6. The molecule has 3 heterocycles. The van der Waals surface area contributed by atoms with E-state index in [1.54, 1.807) is 19.2 Å². The Morgan fingerprint density at radius 2 is 1.73 bits per heavy atom. The Morgan fingerprint density at radius 1 is 1.02 bits per heavy atom. The predicted octanol–water partition coefficient (Wildman–Crippen LogP) is 5.18. The normalized spacial score (nSPS) is 33.8. The molecule has 0 saturated carbocycles. The minimum atomic E-state index is -1.93. The maximum absolute atomic E-state index is 13.4. The van der Waals surface area contributed by atoms with Gasteiger partial charge in [0.25, 0.3) is 0 Å². The SMILES string of the molecule is CO[C@@H](CC[C@H](C)[C@H]1O[C@@]23C[C@H](OC(=O)C[C@H]([C@@H](C)OC(C)=O)OC(=O)C[C@](O)(O2)[C@H](C)CC3(C)C)[C@@H]1C)c1cccc(OC(C)=O)c1. The molecule has 10 atom stereocenters. The standard InChI is InChI=1S/C36H52O12/c1-20(13-14-28(42-9)26-11-10-12-27(15-26)44-25(6)38)33-22(3)30-18-36(47-33)34(7,8)17-21(2)35(41,48-36)19-32(40)45-29(16-31(39)46-30)23(4)43-24(5)37/h10-12,15,20-23,28-30,33,41H,13-14,16-19H2,1-9H3/t20-,21+,22-,23+,28-,29+,30-,33+,35-,36-/m0/s1. The van der Waals surface area contributed by atoms with Gasteiger partial charge in [-0.3, -0.25) is 19.2 Å². The second-order valence-corrected chi connectivity index (χ2v) is 14.5. The van der Waals surface area contributed by atoms with Gasteiger partial charge in [-0.15, -0.1) is 0 Å². The fourth-order valence-corrected chi connectivity index (χ4v) is 7.52. The highest BCUT2D eigenvalue weighted by molar-refractivity contribution is 5.74. The van der Waals surface area contributed by atoms with Crippen LogP contribution in [0.3, 0.4) is 0 Å². The second-order valence-electron chi connectivity index (χ2n) is 14.5. The number of fused-ring (bicyclic) bond motifs is 2. The van der Waals surface area contributed by atoms with Crippen LogP contribution in [0.15, 0.2) is 24.3 Å². The number of aliphatic hydroxyl groups is 1. The first-order chi connectivity index (χ1) is 22.4. The van der Waals surface area contributed by atoms with Crippen LogP contribution in [0, 0.1) is 23.2 Å². The van der Waals surface area contributed by atoms with Crippen molar-refractivity contribution in [3.63, 3.8) is 0 Å². The lowest BCUT2D eigenvalue weighted by molar-refractivity contribution is -0.452. The van der Waals surface area contributed by atoms with Crippen molar-refractivity contribution in [3.8, 4) is 5.75 Å². The van der Waals surface area contributed by atoms with Crippen molar-refractivity contribution in [1.82, 2.24) is 0 Å². The van der Waals surface area contributed by atoms with E-state index in [1.165, 1.54) is 20.8 Å². The van der Waals surface area contributed by atoms with Gasteiger partial charge in [0, 0.05) is 44.6 Å². The second kappa shape index (κ2) is 14.8. The van der Waals surface area contributed by atoms with Crippen LogP contribution in [0.1, 0.15) is 106 Å². The van der Waals surface area contributed by atoms with Crippen molar-refractivity contribution < 1.29 is 57.4 Å². The molecular weight excluding hydrogens is 624 g/mol. The van der Waals surface area contributed by atoms with E-state index in [-0.39, 0.29) is 30.8 Å². The highest BCUT2D eigenvalue weighted by atomic mass is 16.8. The predicted molar refractivity (Wildman–Crippen MR) is 171 cm³/mol. The number of hydrogen-bond donors (Lipinski definition) is 1. The third kappa shape index (κ3) is 8.38. The summed E-state index contributed by atoms with van der Waals surface area (Å²) in [5.41, 5.74) is 0.215. The van der Waals surface area contributed by atoms with Crippen LogP contribution in [-0.4, -0.2) is 72.1 Å². The summed E-state index contributed by atoms with van der Waals surface area (Å²) in [6, 6.07) is 7.23. The van der Waals surface area contributed by atoms with Gasteiger partial charge in [-0.25, -0.2) is 0 Å². The molecule has 0 amide bonds. The van der Waals surface area contributed by atoms with E-state index in [0.717, 1.165) is 5.56 Å². The van der Waals surface area contributed by atoms with E-state index < -0.39 is 77.6 Å². The summed E-state index contributed by atoms with van der Waals surface area (Å²) in [7, 11) is 1.63. The van der Waals surface area contributed by atoms with Crippen molar-refractivity contribution in [1.29, 1.82) is 0 Å². The fourth-order valence-electron chi connectivity index (χ4n) is 7.52. The maximum atomic E-state index is 13.4. The molecule has 1 aromatic rings. The summed E-state index contributed by atoms with van der Waals surface area (Å²) < 4.78 is 41.6. The van der Waals surface area contributed by atoms with Crippen LogP contribution < -0.4 is 4.74 Å². The lowest BCUT2D eigenvalue weighted by Crippen LogP contribution is -2.68. The topological polar surface area (TPSA) is 153 Å². The number of benzene rings is 1. The maximum Gasteiger partial charge on any atom is 0.311 e. The molecule has 268 valence electrons. The van der Waals surface area contributed by atoms with Crippen molar-refractivity contribution in [3.05, 3.63) is 29.8 Å². The molecule has 3 aliphatic heterocycles. The van der Waals surface area contributed by atoms with Crippen molar-refractivity contribution in [2.24, 2.45) is 23.2 Å². The molecule has 1 spiro atoms. The third-order valence-electron chi connectivity index (χ3n) is 10.3. The van der Waals surface area contributed by atoms with E-state index in [2.05, 4.69) is 6.92 Å². The molecule has 3 aliphatic rings. The van der Waals surface area contributed by atoms with Crippen LogP contribution >= 0.6 is 0 Å². The zero-order valence-corrected chi connectivity index (χ0v) is 29.6. The Kier molecular flexibility index (Phi) is 11.7. The largest absolute Gasteiger partial charge is 0.462 e. The molecule has 12 heteroatoms. The summed E-state index contributed by atoms with van der Waals surface area (Å²) in [5, 5.41) is 11.9. The van der Waals surface area contributed by atoms with E-state index in [1.807, 2.05) is 39.8 Å². The monoisotopic (exact) mass is 676 g/mol. The number of hydrogen-bond acceptors (Lipinski definition) is 12. The van der Waals surface area contributed by atoms with E-state index in [9.17, 15) is 24.3 Å². The fraction of sp³-hybridized carbons (Fsp3) is 0.722. The van der Waals surface area contributed by atoms with Gasteiger partial charge in [-0.1, -0.05) is 46.8 Å². The lowest BCUT2D eigenvalue weighted by atomic mass is 9.66. The van der Waals surface area contributed by atoms with Gasteiger partial charge in [0.2, 0.25) is 0 Å². The third-order valence-corrected chi connectivity index (χ3v) is 10.3. The summed E-state index contributed by atoms with van der Waals surface area (Å²) in [4.78, 5) is 49.9. The Balaban J connectivity index is 1.64. The Bertz CT molecular complexity index is 1340. The van der Waals surface area contributed by atoms with Crippen LogP contribution in [-0.2, 0) is 47.6 Å². The number of ether oxygens (including phenoxy) is 7. The molecule has 12 nitrogen and oxygen atoms in total. The molecule has 1 aromatic carbocycles. The molecule has 3 saturated heterocycles. The summed E-state index contributed by atoms with van der Waals surface area (Å²) in [5.74, 6) is -6.13. The van der Waals surface area contributed by atoms with Gasteiger partial charge in [0.05, 0.1) is 25.0 Å². The Morgan fingerprint density at radius 3 is 2.38 bits per heavy atom. The first-order valence-electron chi connectivity index (χ1n) is 16.9. The van der Waals surface area contributed by atoms with Gasteiger partial charge in [-0.05, 0) is 49.8 Å². The Hall–Kier alpha value is -3.06. The molecule has 4 rings (SSSR count). The molecule has 0 radical (unpaired) electrons. The van der Waals surface area contributed by atoms with Crippen LogP contribution in [0.5, 0.6) is 5.75 Å². The van der Waals surface area contributed by atoms with Crippen molar-refractivity contribution in [2.75, 3.05) is 7.11 Å². The van der Waals surface area contributed by atoms with Crippen LogP contribution in [0.4, 0.5) is 0 Å². The summed E-state index contributed by atoms with van der Waals surface area (Å²) >= 11 is 0. The van der Waals surface area contributed by atoms with Gasteiger partial charge in [-0.2, -0.15) is 0 Å². The molecule has 1 N–H and O–H groups in total. The molecule has 3 bridgehead atoms. The lowest BCUT2D eigenvalue weighted by Gasteiger charge is -2.61. The van der Waals surface area contributed by atoms with Gasteiger partial charge >= 0.3 is 23.9 Å². The molecule has 0 aromatic heterocycles. The minimum absolute atomic E-state index is 0.0888. The summed E-state index contributed by atoms with van der Waals surface area (Å²) in [6.07, 6.45) is -2.45. The quantitative estimate of drug-likeness (QED) is 0.208. The van der Waals surface area contributed by atoms with Crippen molar-refractivity contribution >= 4 is 23.9 Å². The highest BCUT2D eigenvalue weighted by Gasteiger charge is 2.64. The molecule has 0 unspecified atom stereocenters. The number of esters is 4. The average Bonchev–Trinajstić information content (AvgIpc) is 2.96. The number of methoxy groups -OCH3 is 1. The summed E-state index contributed by atoms with van der Waals surface area (Å²) in [6.45, 7) is 14.0. The number of rotatable bonds is 9. The number of cyclic esters (lactones) is 1. The molecule has 3 fully saturated rings. The first kappa shape index (κ1) is 37.8. The van der Waals surface area contributed by atoms with Crippen LogP contribution in [0.25, 0.3) is 0 Å². The molecular formula is C36H52O12. The smallest absolute Gasteiger partial charge is 0.311 e. The number of carbonyl (C=O) groups is 4. The van der Waals surface area contributed by atoms with E-state index >= 15 is 0 Å². The highest BCUT2D eigenvalue weighted by Crippen LogP contribution is 2.57. The van der Waals surface area contributed by atoms with E-state index in [0.29, 0.717) is 25.0 Å². The van der Waals surface area contributed by atoms with Gasteiger partial charge in [0.15, 0.2) is 11.6 Å². The Labute approximate surface area is 283 Å². The molecule has 0 aliphatic carbocycles. The zero-order valence-electron chi connectivity index (χ0n) is 29.6. The van der Waals surface area contributed by atoms with Crippen LogP contribution in [0.2, 0.25) is 0 Å². The number of carbonyl (C=O) groups excluding carboxylic acids is 4.